The molecule has 0 saturated carbocycles. The lowest BCUT2D eigenvalue weighted by molar-refractivity contribution is 0.996. The lowest BCUT2D eigenvalue weighted by Crippen LogP contribution is -1.95. The van der Waals surface area contributed by atoms with Gasteiger partial charge in [-0.2, -0.15) is 0 Å². The molecule has 2 aromatic rings. The van der Waals surface area contributed by atoms with Crippen LogP contribution >= 0.6 is 22.6 Å². The highest BCUT2D eigenvalue weighted by Crippen LogP contribution is 2.12. The summed E-state index contributed by atoms with van der Waals surface area (Å²) < 4.78 is 0.754. The van der Waals surface area contributed by atoms with Gasteiger partial charge < -0.3 is 4.98 Å². The van der Waals surface area contributed by atoms with Crippen molar-refractivity contribution < 1.29 is 0 Å². The van der Waals surface area contributed by atoms with Crippen molar-refractivity contribution in [2.24, 2.45) is 0 Å². The van der Waals surface area contributed by atoms with Crippen molar-refractivity contribution in [1.82, 2.24) is 19.9 Å². The molecule has 0 aromatic carbocycles. The highest BCUT2D eigenvalue weighted by Gasteiger charge is 2.05. The highest BCUT2D eigenvalue weighted by molar-refractivity contribution is 14.1. The van der Waals surface area contributed by atoms with E-state index in [9.17, 15) is 0 Å². The van der Waals surface area contributed by atoms with Crippen LogP contribution in [0.2, 0.25) is 0 Å². The second-order valence-electron chi connectivity index (χ2n) is 2.39. The lowest BCUT2D eigenvalue weighted by Gasteiger charge is -1.96. The van der Waals surface area contributed by atoms with Crippen molar-refractivity contribution >= 4 is 33.8 Å². The Balaban J connectivity index is 2.80. The summed E-state index contributed by atoms with van der Waals surface area (Å²) in [5.74, 6) is 0. The molecule has 12 heavy (non-hydrogen) atoms. The Labute approximate surface area is 83.0 Å². The Morgan fingerprint density at radius 2 is 2.33 bits per heavy atom. The summed E-state index contributed by atoms with van der Waals surface area (Å²) in [6.07, 6.45) is 2.55. The summed E-state index contributed by atoms with van der Waals surface area (Å²) in [6.45, 7) is 2.07. The summed E-state index contributed by atoms with van der Waals surface area (Å²) >= 11 is 2.10. The van der Waals surface area contributed by atoms with Crippen LogP contribution in [0.15, 0.2) is 6.33 Å². The van der Waals surface area contributed by atoms with Crippen molar-refractivity contribution in [2.75, 3.05) is 0 Å². The van der Waals surface area contributed by atoms with E-state index in [1.54, 1.807) is 6.33 Å². The third-order valence-electron chi connectivity index (χ3n) is 1.67. The maximum atomic E-state index is 4.30. The molecule has 0 amide bonds. The van der Waals surface area contributed by atoms with E-state index in [0.717, 1.165) is 27.1 Å². The second-order valence-corrected chi connectivity index (χ2v) is 3.36. The van der Waals surface area contributed by atoms with Gasteiger partial charge in [0, 0.05) is 22.6 Å². The predicted octanol–water partition coefficient (Wildman–Crippen LogP) is 1.52. The topological polar surface area (TPSA) is 54.5 Å². The molecule has 0 aliphatic rings. The van der Waals surface area contributed by atoms with Crippen LogP contribution in [0.4, 0.5) is 0 Å². The zero-order chi connectivity index (χ0) is 8.55. The van der Waals surface area contributed by atoms with Crippen molar-refractivity contribution in [1.29, 1.82) is 0 Å². The molecular weight excluding hydrogens is 267 g/mol. The Bertz CT molecular complexity index is 409. The van der Waals surface area contributed by atoms with E-state index in [1.807, 2.05) is 0 Å². The summed E-state index contributed by atoms with van der Waals surface area (Å²) in [5.41, 5.74) is 2.74. The minimum absolute atomic E-state index is 0.754. The fraction of sp³-hybridized carbons (Fsp3) is 0.286. The van der Waals surface area contributed by atoms with E-state index in [4.69, 9.17) is 0 Å². The summed E-state index contributed by atoms with van der Waals surface area (Å²) in [7, 11) is 0. The van der Waals surface area contributed by atoms with Crippen LogP contribution in [0, 0.1) is 3.83 Å². The van der Waals surface area contributed by atoms with Crippen molar-refractivity contribution in [3.8, 4) is 0 Å². The van der Waals surface area contributed by atoms with Gasteiger partial charge in [0.05, 0.1) is 12.0 Å². The van der Waals surface area contributed by atoms with Crippen LogP contribution in [-0.4, -0.2) is 19.9 Å². The smallest absolute Gasteiger partial charge is 0.193 e. The van der Waals surface area contributed by atoms with Crippen LogP contribution in [0.5, 0.6) is 0 Å². The number of nitrogens with zero attached hydrogens (tertiary/aromatic N) is 3. The molecule has 0 unspecified atom stereocenters. The maximum Gasteiger partial charge on any atom is 0.193 e. The van der Waals surface area contributed by atoms with Gasteiger partial charge in [0.25, 0.3) is 0 Å². The number of aromatic nitrogens is 4. The second kappa shape index (κ2) is 2.96. The monoisotopic (exact) mass is 274 g/mol. The first kappa shape index (κ1) is 7.90. The first-order valence-corrected chi connectivity index (χ1v) is 4.74. The number of H-pyrrole nitrogens is 1. The summed E-state index contributed by atoms with van der Waals surface area (Å²) in [6, 6.07) is 0. The number of imidazole rings is 1. The molecule has 0 radical (unpaired) electrons. The van der Waals surface area contributed by atoms with E-state index < -0.39 is 0 Å². The average molecular weight is 274 g/mol. The van der Waals surface area contributed by atoms with Crippen LogP contribution in [0.3, 0.4) is 0 Å². The molecule has 5 heteroatoms. The van der Waals surface area contributed by atoms with E-state index in [0.29, 0.717) is 0 Å². The third-order valence-corrected chi connectivity index (χ3v) is 2.15. The molecule has 2 aromatic heterocycles. The van der Waals surface area contributed by atoms with Crippen LogP contribution in [0.25, 0.3) is 11.2 Å². The van der Waals surface area contributed by atoms with Crippen LogP contribution in [-0.2, 0) is 6.42 Å². The summed E-state index contributed by atoms with van der Waals surface area (Å²) in [4.78, 5) is 15.6. The van der Waals surface area contributed by atoms with Gasteiger partial charge in [-0.3, -0.25) is 0 Å². The van der Waals surface area contributed by atoms with E-state index >= 15 is 0 Å². The number of hydrogen-bond acceptors (Lipinski definition) is 3. The number of rotatable bonds is 1. The molecule has 2 rings (SSSR count). The Morgan fingerprint density at radius 1 is 1.50 bits per heavy atom. The molecule has 1 N–H and O–H groups in total. The zero-order valence-electron chi connectivity index (χ0n) is 6.50. The Hall–Kier alpha value is -0.720. The van der Waals surface area contributed by atoms with Gasteiger partial charge in [-0.1, -0.05) is 6.92 Å². The summed E-state index contributed by atoms with van der Waals surface area (Å²) in [5, 5.41) is 0. The molecule has 0 spiro atoms. The van der Waals surface area contributed by atoms with Gasteiger partial charge in [-0.15, -0.1) is 0 Å². The standard InChI is InChI=1S/C7H7IN4/c1-2-4-5-6(10-3-9-5)12-7(8)11-4/h3H,2H2,1H3,(H,9,10,11,12). The number of nitrogens with one attached hydrogen (secondary N) is 1. The minimum atomic E-state index is 0.754. The fourth-order valence-corrected chi connectivity index (χ4v) is 1.64. The highest BCUT2D eigenvalue weighted by atomic mass is 127. The lowest BCUT2D eigenvalue weighted by atomic mass is 10.3. The van der Waals surface area contributed by atoms with Gasteiger partial charge in [-0.05, 0) is 6.42 Å². The molecule has 2 heterocycles. The maximum absolute atomic E-state index is 4.30. The van der Waals surface area contributed by atoms with Crippen molar-refractivity contribution in [3.63, 3.8) is 0 Å². The fourth-order valence-electron chi connectivity index (χ4n) is 1.12. The number of aryl methyl sites for hydroxylation is 1. The van der Waals surface area contributed by atoms with Gasteiger partial charge in [0.1, 0.15) is 5.52 Å². The minimum Gasteiger partial charge on any atom is -0.342 e. The third kappa shape index (κ3) is 1.17. The largest absolute Gasteiger partial charge is 0.342 e. The molecule has 0 bridgehead atoms. The molecule has 0 fully saturated rings. The Kier molecular flexibility index (Phi) is 1.95. The molecule has 0 aliphatic carbocycles. The number of halogens is 1. The quantitative estimate of drug-likeness (QED) is 0.633. The molecule has 0 aliphatic heterocycles. The van der Waals surface area contributed by atoms with Gasteiger partial charge in [0.15, 0.2) is 9.48 Å². The molecule has 62 valence electrons. The number of fused-ring (bicyclic) bond motifs is 1. The predicted molar refractivity (Wildman–Crippen MR) is 53.8 cm³/mol. The van der Waals surface area contributed by atoms with Crippen LogP contribution < -0.4 is 0 Å². The van der Waals surface area contributed by atoms with Crippen LogP contribution in [0.1, 0.15) is 12.6 Å². The first-order chi connectivity index (χ1) is 5.81. The van der Waals surface area contributed by atoms with E-state index in [1.165, 1.54) is 0 Å². The molecule has 0 atom stereocenters. The molecule has 0 saturated heterocycles. The van der Waals surface area contributed by atoms with Crippen molar-refractivity contribution in [3.05, 3.63) is 15.9 Å². The van der Waals surface area contributed by atoms with Crippen molar-refractivity contribution in [2.45, 2.75) is 13.3 Å². The van der Waals surface area contributed by atoms with Gasteiger partial charge in [0.2, 0.25) is 0 Å². The van der Waals surface area contributed by atoms with E-state index in [2.05, 4.69) is 49.5 Å². The SMILES string of the molecule is CCc1nc(I)nc2nc[nH]c12. The normalized spacial score (nSPS) is 10.8. The zero-order valence-corrected chi connectivity index (χ0v) is 8.66. The van der Waals surface area contributed by atoms with E-state index in [-0.39, 0.29) is 0 Å². The van der Waals surface area contributed by atoms with Gasteiger partial charge in [-0.25, -0.2) is 15.0 Å². The molecular formula is C7H7IN4. The molecule has 4 nitrogen and oxygen atoms in total. The first-order valence-electron chi connectivity index (χ1n) is 3.66. The number of hydrogen-bond donors (Lipinski definition) is 1. The average Bonchev–Trinajstić information content (AvgIpc) is 2.50. The van der Waals surface area contributed by atoms with Gasteiger partial charge >= 0.3 is 0 Å². The Morgan fingerprint density at radius 3 is 3.08 bits per heavy atom. The number of aromatic amines is 1.